The first kappa shape index (κ1) is 18.9. The fourth-order valence-electron chi connectivity index (χ4n) is 3.85. The van der Waals surface area contributed by atoms with Gasteiger partial charge in [-0.25, -0.2) is 4.68 Å². The van der Waals surface area contributed by atoms with Crippen LogP contribution >= 0.6 is 0 Å². The van der Waals surface area contributed by atoms with Crippen molar-refractivity contribution in [3.8, 4) is 5.69 Å². The number of hydrogen-bond donors (Lipinski definition) is 0. The summed E-state index contributed by atoms with van der Waals surface area (Å²) in [5.41, 5.74) is 2.53. The van der Waals surface area contributed by atoms with Crippen molar-refractivity contribution in [2.24, 2.45) is 0 Å². The number of hydrogen-bond acceptors (Lipinski definition) is 4. The number of carbonyl (C=O) groups excluding carboxylic acids is 1. The molecule has 7 heteroatoms. The van der Waals surface area contributed by atoms with E-state index in [1.54, 1.807) is 29.2 Å². The third kappa shape index (κ3) is 4.18. The van der Waals surface area contributed by atoms with Crippen molar-refractivity contribution < 1.29 is 9.72 Å². The number of non-ortho nitro benzene ring substituents is 1. The van der Waals surface area contributed by atoms with E-state index >= 15 is 0 Å². The lowest BCUT2D eigenvalue weighted by Crippen LogP contribution is -2.35. The molecule has 1 saturated heterocycles. The van der Waals surface area contributed by atoms with Crippen LogP contribution in [0.4, 0.5) is 5.69 Å². The van der Waals surface area contributed by atoms with Crippen LogP contribution in [0.25, 0.3) is 5.69 Å². The van der Waals surface area contributed by atoms with Gasteiger partial charge in [-0.1, -0.05) is 30.3 Å². The van der Waals surface area contributed by atoms with Crippen LogP contribution < -0.4 is 0 Å². The van der Waals surface area contributed by atoms with E-state index in [9.17, 15) is 14.9 Å². The first-order valence-corrected chi connectivity index (χ1v) is 9.76. The van der Waals surface area contributed by atoms with E-state index in [1.165, 1.54) is 17.7 Å². The summed E-state index contributed by atoms with van der Waals surface area (Å²) in [7, 11) is 0. The number of aromatic nitrogens is 2. The number of likely N-dealkylation sites (tertiary alicyclic amines) is 1. The second kappa shape index (κ2) is 8.26. The molecule has 1 aromatic heterocycles. The van der Waals surface area contributed by atoms with Gasteiger partial charge < -0.3 is 4.90 Å². The molecule has 148 valence electrons. The molecular formula is C22H22N4O3. The monoisotopic (exact) mass is 390 g/mol. The summed E-state index contributed by atoms with van der Waals surface area (Å²) >= 11 is 0. The smallest absolute Gasteiger partial charge is 0.269 e. The average Bonchev–Trinajstić information content (AvgIpc) is 3.42. The fraction of sp³-hybridized carbons (Fsp3) is 0.273. The van der Waals surface area contributed by atoms with E-state index < -0.39 is 4.92 Å². The predicted octanol–water partition coefficient (Wildman–Crippen LogP) is 4.02. The molecule has 2 aromatic carbocycles. The summed E-state index contributed by atoms with van der Waals surface area (Å²) < 4.78 is 1.58. The molecule has 0 saturated carbocycles. The van der Waals surface area contributed by atoms with Gasteiger partial charge in [0.25, 0.3) is 11.6 Å². The Morgan fingerprint density at radius 2 is 1.90 bits per heavy atom. The largest absolute Gasteiger partial charge is 0.336 e. The number of rotatable bonds is 6. The van der Waals surface area contributed by atoms with Gasteiger partial charge in [0.15, 0.2) is 0 Å². The summed E-state index contributed by atoms with van der Waals surface area (Å²) in [4.78, 5) is 25.4. The zero-order chi connectivity index (χ0) is 20.2. The molecule has 0 radical (unpaired) electrons. The molecule has 2 heterocycles. The number of nitro groups is 1. The van der Waals surface area contributed by atoms with Crippen LogP contribution in [0, 0.1) is 10.1 Å². The normalized spacial score (nSPS) is 16.1. The lowest BCUT2D eigenvalue weighted by molar-refractivity contribution is -0.384. The van der Waals surface area contributed by atoms with Crippen molar-refractivity contribution in [2.75, 3.05) is 6.54 Å². The molecule has 0 N–H and O–H groups in total. The Kier molecular flexibility index (Phi) is 5.37. The van der Waals surface area contributed by atoms with E-state index in [0.717, 1.165) is 32.2 Å². The molecule has 0 spiro atoms. The summed E-state index contributed by atoms with van der Waals surface area (Å²) in [6, 6.07) is 16.7. The van der Waals surface area contributed by atoms with Crippen LogP contribution in [0.15, 0.2) is 67.0 Å². The highest BCUT2D eigenvalue weighted by molar-refractivity contribution is 5.94. The Morgan fingerprint density at radius 1 is 1.14 bits per heavy atom. The van der Waals surface area contributed by atoms with E-state index in [0.29, 0.717) is 11.3 Å². The van der Waals surface area contributed by atoms with Crippen molar-refractivity contribution in [2.45, 2.75) is 31.7 Å². The van der Waals surface area contributed by atoms with Gasteiger partial charge >= 0.3 is 0 Å². The zero-order valence-electron chi connectivity index (χ0n) is 16.0. The molecular weight excluding hydrogens is 368 g/mol. The number of amides is 1. The molecule has 1 aliphatic rings. The minimum Gasteiger partial charge on any atom is -0.336 e. The summed E-state index contributed by atoms with van der Waals surface area (Å²) in [6.45, 7) is 0.765. The van der Waals surface area contributed by atoms with Crippen molar-refractivity contribution in [3.05, 3.63) is 88.2 Å². The number of aryl methyl sites for hydroxylation is 1. The van der Waals surface area contributed by atoms with E-state index in [4.69, 9.17) is 0 Å². The van der Waals surface area contributed by atoms with Gasteiger partial charge in [0, 0.05) is 30.9 Å². The minimum absolute atomic E-state index is 0.00581. The van der Waals surface area contributed by atoms with Crippen molar-refractivity contribution in [3.63, 3.8) is 0 Å². The van der Waals surface area contributed by atoms with E-state index in [-0.39, 0.29) is 17.6 Å². The maximum absolute atomic E-state index is 13.0. The molecule has 1 aliphatic heterocycles. The highest BCUT2D eigenvalue weighted by atomic mass is 16.6. The molecule has 1 atom stereocenters. The second-order valence-corrected chi connectivity index (χ2v) is 7.27. The molecule has 7 nitrogen and oxygen atoms in total. The molecule has 1 amide bonds. The highest BCUT2D eigenvalue weighted by Gasteiger charge is 2.29. The van der Waals surface area contributed by atoms with Crippen molar-refractivity contribution in [1.29, 1.82) is 0 Å². The molecule has 1 unspecified atom stereocenters. The zero-order valence-corrected chi connectivity index (χ0v) is 16.0. The van der Waals surface area contributed by atoms with Gasteiger partial charge in [-0.05, 0) is 43.4 Å². The van der Waals surface area contributed by atoms with Gasteiger partial charge in [-0.3, -0.25) is 14.9 Å². The van der Waals surface area contributed by atoms with Crippen LogP contribution in [0.5, 0.6) is 0 Å². The Labute approximate surface area is 168 Å². The van der Waals surface area contributed by atoms with E-state index in [1.807, 2.05) is 23.1 Å². The standard InChI is InChI=1S/C22H22N4O3/c27-22(24-14-4-7-19(24)9-8-17-5-2-1-3-6-17)18-15-23-25(16-18)20-10-12-21(13-11-20)26(28)29/h1-3,5-6,10-13,15-16,19H,4,7-9,14H2. The van der Waals surface area contributed by atoms with Gasteiger partial charge in [0.1, 0.15) is 0 Å². The molecule has 3 aromatic rings. The van der Waals surface area contributed by atoms with Gasteiger partial charge in [0.05, 0.1) is 22.4 Å². The first-order valence-electron chi connectivity index (χ1n) is 9.76. The fourth-order valence-corrected chi connectivity index (χ4v) is 3.85. The van der Waals surface area contributed by atoms with Crippen LogP contribution in [0.2, 0.25) is 0 Å². The molecule has 0 bridgehead atoms. The molecule has 29 heavy (non-hydrogen) atoms. The quantitative estimate of drug-likeness (QED) is 0.470. The topological polar surface area (TPSA) is 81.3 Å². The SMILES string of the molecule is O=C(c1cnn(-c2ccc([N+](=O)[O-])cc2)c1)N1CCCC1CCc1ccccc1. The molecule has 0 aliphatic carbocycles. The Balaban J connectivity index is 1.44. The predicted molar refractivity (Wildman–Crippen MR) is 109 cm³/mol. The lowest BCUT2D eigenvalue weighted by atomic mass is 10.0. The number of carbonyl (C=O) groups is 1. The third-order valence-electron chi connectivity index (χ3n) is 5.40. The van der Waals surface area contributed by atoms with Gasteiger partial charge in [0.2, 0.25) is 0 Å². The van der Waals surface area contributed by atoms with Crippen LogP contribution in [0.3, 0.4) is 0 Å². The number of nitro benzene ring substituents is 1. The van der Waals surface area contributed by atoms with Gasteiger partial charge in [-0.15, -0.1) is 0 Å². The minimum atomic E-state index is -0.440. The second-order valence-electron chi connectivity index (χ2n) is 7.27. The Hall–Kier alpha value is -3.48. The maximum atomic E-state index is 13.0. The van der Waals surface area contributed by atoms with Crippen LogP contribution in [-0.4, -0.2) is 38.1 Å². The Bertz CT molecular complexity index is 998. The third-order valence-corrected chi connectivity index (χ3v) is 5.40. The lowest BCUT2D eigenvalue weighted by Gasteiger charge is -2.24. The first-order chi connectivity index (χ1) is 14.1. The van der Waals surface area contributed by atoms with E-state index in [2.05, 4.69) is 17.2 Å². The molecule has 4 rings (SSSR count). The average molecular weight is 390 g/mol. The maximum Gasteiger partial charge on any atom is 0.269 e. The highest BCUT2D eigenvalue weighted by Crippen LogP contribution is 2.24. The van der Waals surface area contributed by atoms with Crippen LogP contribution in [-0.2, 0) is 6.42 Å². The number of nitrogens with zero attached hydrogens (tertiary/aromatic N) is 4. The number of benzene rings is 2. The molecule has 1 fully saturated rings. The summed E-state index contributed by atoms with van der Waals surface area (Å²) in [5.74, 6) is -0.00581. The van der Waals surface area contributed by atoms with Gasteiger partial charge in [-0.2, -0.15) is 5.10 Å². The summed E-state index contributed by atoms with van der Waals surface area (Å²) in [5, 5.41) is 15.1. The Morgan fingerprint density at radius 3 is 2.62 bits per heavy atom. The van der Waals surface area contributed by atoms with Crippen LogP contribution in [0.1, 0.15) is 35.2 Å². The van der Waals surface area contributed by atoms with Crippen molar-refractivity contribution in [1.82, 2.24) is 14.7 Å². The summed E-state index contributed by atoms with van der Waals surface area (Å²) in [6.07, 6.45) is 7.20. The van der Waals surface area contributed by atoms with Crippen molar-refractivity contribution >= 4 is 11.6 Å².